The van der Waals surface area contributed by atoms with Crippen LogP contribution in [0.1, 0.15) is 103 Å². The minimum Gasteiger partial charge on any atom is -0.286 e. The van der Waals surface area contributed by atoms with E-state index in [2.05, 4.69) is 6.92 Å². The monoisotopic (exact) mass is 320 g/mol. The Hall–Kier alpha value is -0.0900. The van der Waals surface area contributed by atoms with E-state index >= 15 is 0 Å². The zero-order valence-corrected chi connectivity index (χ0v) is 14.8. The summed E-state index contributed by atoms with van der Waals surface area (Å²) in [6.45, 7) is 2.26. The van der Waals surface area contributed by atoms with Gasteiger partial charge in [0, 0.05) is 0 Å². The number of hydrogen-bond acceptors (Lipinski definition) is 2. The third-order valence-corrected chi connectivity index (χ3v) is 4.81. The molecule has 0 fully saturated rings. The molecule has 0 unspecified atom stereocenters. The van der Waals surface area contributed by atoms with Crippen LogP contribution < -0.4 is 0 Å². The van der Waals surface area contributed by atoms with Crippen LogP contribution in [0.5, 0.6) is 0 Å². The minimum absolute atomic E-state index is 0.0781. The Bertz CT molecular complexity index is 299. The van der Waals surface area contributed by atoms with E-state index in [4.69, 9.17) is 4.55 Å². The smallest absolute Gasteiger partial charge is 0.264 e. The zero-order chi connectivity index (χ0) is 15.8. The number of rotatable bonds is 16. The molecule has 21 heavy (non-hydrogen) atoms. The van der Waals surface area contributed by atoms with Crippen LogP contribution in [0.15, 0.2) is 0 Å². The van der Waals surface area contributed by atoms with Crippen molar-refractivity contribution in [1.29, 1.82) is 0 Å². The van der Waals surface area contributed by atoms with Crippen molar-refractivity contribution in [3.05, 3.63) is 0 Å². The van der Waals surface area contributed by atoms with Gasteiger partial charge in [0.1, 0.15) is 0 Å². The van der Waals surface area contributed by atoms with Gasteiger partial charge in [0.25, 0.3) is 10.1 Å². The third kappa shape index (κ3) is 19.9. The van der Waals surface area contributed by atoms with Crippen molar-refractivity contribution in [2.45, 2.75) is 103 Å². The highest BCUT2D eigenvalue weighted by Crippen LogP contribution is 2.13. The highest BCUT2D eigenvalue weighted by Gasteiger charge is 2.02. The summed E-state index contributed by atoms with van der Waals surface area (Å²) in [5, 5.41) is 0. The SMILES string of the molecule is CCCCCCCCCCCCCCCCCS(=O)(=O)O. The second-order valence-corrected chi connectivity index (χ2v) is 7.81. The summed E-state index contributed by atoms with van der Waals surface area (Å²) in [5.74, 6) is -0.0781. The molecule has 0 aliphatic rings. The lowest BCUT2D eigenvalue weighted by atomic mass is 10.0. The van der Waals surface area contributed by atoms with Crippen molar-refractivity contribution >= 4 is 10.1 Å². The Kier molecular flexibility index (Phi) is 14.8. The van der Waals surface area contributed by atoms with Crippen LogP contribution in [0.3, 0.4) is 0 Å². The van der Waals surface area contributed by atoms with E-state index in [0.717, 1.165) is 12.8 Å². The summed E-state index contributed by atoms with van der Waals surface area (Å²) < 4.78 is 29.6. The van der Waals surface area contributed by atoms with Gasteiger partial charge in [-0.15, -0.1) is 0 Å². The predicted molar refractivity (Wildman–Crippen MR) is 91.3 cm³/mol. The van der Waals surface area contributed by atoms with Crippen LogP contribution in [0, 0.1) is 0 Å². The van der Waals surface area contributed by atoms with Gasteiger partial charge in [0.05, 0.1) is 5.75 Å². The van der Waals surface area contributed by atoms with Crippen molar-refractivity contribution in [3.8, 4) is 0 Å². The summed E-state index contributed by atoms with van der Waals surface area (Å²) in [6, 6.07) is 0. The van der Waals surface area contributed by atoms with Crippen LogP contribution in [0.2, 0.25) is 0 Å². The summed E-state index contributed by atoms with van der Waals surface area (Å²) in [5.41, 5.74) is 0. The summed E-state index contributed by atoms with van der Waals surface area (Å²) in [7, 11) is -3.74. The van der Waals surface area contributed by atoms with Crippen molar-refractivity contribution in [2.75, 3.05) is 5.75 Å². The highest BCUT2D eigenvalue weighted by atomic mass is 32.2. The van der Waals surface area contributed by atoms with Crippen molar-refractivity contribution in [2.24, 2.45) is 0 Å². The number of unbranched alkanes of at least 4 members (excludes halogenated alkanes) is 14. The third-order valence-electron chi connectivity index (χ3n) is 4.01. The van der Waals surface area contributed by atoms with E-state index in [0.29, 0.717) is 6.42 Å². The summed E-state index contributed by atoms with van der Waals surface area (Å²) in [6.07, 6.45) is 18.8. The van der Waals surface area contributed by atoms with Crippen LogP contribution in [-0.4, -0.2) is 18.7 Å². The van der Waals surface area contributed by atoms with Crippen LogP contribution in [0.25, 0.3) is 0 Å². The molecule has 128 valence electrons. The van der Waals surface area contributed by atoms with E-state index < -0.39 is 10.1 Å². The van der Waals surface area contributed by atoms with Gasteiger partial charge in [-0.2, -0.15) is 8.42 Å². The maximum atomic E-state index is 10.5. The molecular weight excluding hydrogens is 284 g/mol. The van der Waals surface area contributed by atoms with Gasteiger partial charge < -0.3 is 0 Å². The molecule has 0 aromatic rings. The van der Waals surface area contributed by atoms with Crippen molar-refractivity contribution in [1.82, 2.24) is 0 Å². The van der Waals surface area contributed by atoms with Gasteiger partial charge in [0.2, 0.25) is 0 Å². The van der Waals surface area contributed by atoms with Gasteiger partial charge in [-0.1, -0.05) is 96.8 Å². The molecule has 3 nitrogen and oxygen atoms in total. The van der Waals surface area contributed by atoms with E-state index in [-0.39, 0.29) is 5.75 Å². The Morgan fingerprint density at radius 1 is 0.571 bits per heavy atom. The first kappa shape index (κ1) is 20.9. The Balaban J connectivity index is 3.03. The molecule has 4 heteroatoms. The second kappa shape index (κ2) is 14.8. The standard InChI is InChI=1S/C17H36O3S/c1-2-3-4-5-6-7-8-9-10-11-12-13-14-15-16-17-21(18,19)20/h2-17H2,1H3,(H,18,19,20). The molecular formula is C17H36O3S. The van der Waals surface area contributed by atoms with E-state index in [1.165, 1.54) is 77.0 Å². The van der Waals surface area contributed by atoms with Crippen LogP contribution in [0.4, 0.5) is 0 Å². The molecule has 0 saturated heterocycles. The first-order chi connectivity index (χ1) is 10.1. The van der Waals surface area contributed by atoms with E-state index in [9.17, 15) is 8.42 Å². The molecule has 0 rings (SSSR count). The first-order valence-electron chi connectivity index (χ1n) is 9.01. The average molecular weight is 321 g/mol. The first-order valence-corrected chi connectivity index (χ1v) is 10.6. The average Bonchev–Trinajstić information content (AvgIpc) is 2.42. The molecule has 0 aliphatic carbocycles. The second-order valence-electron chi connectivity index (χ2n) is 6.24. The van der Waals surface area contributed by atoms with Crippen molar-refractivity contribution < 1.29 is 13.0 Å². The molecule has 0 bridgehead atoms. The van der Waals surface area contributed by atoms with Gasteiger partial charge >= 0.3 is 0 Å². The van der Waals surface area contributed by atoms with Gasteiger partial charge in [-0.3, -0.25) is 4.55 Å². The Labute approximate surface area is 132 Å². The van der Waals surface area contributed by atoms with Crippen LogP contribution >= 0.6 is 0 Å². The quantitative estimate of drug-likeness (QED) is 0.291. The van der Waals surface area contributed by atoms with Crippen LogP contribution in [-0.2, 0) is 10.1 Å². The summed E-state index contributed by atoms with van der Waals surface area (Å²) in [4.78, 5) is 0. The number of hydrogen-bond donors (Lipinski definition) is 1. The maximum Gasteiger partial charge on any atom is 0.264 e. The van der Waals surface area contributed by atoms with Crippen molar-refractivity contribution in [3.63, 3.8) is 0 Å². The fourth-order valence-electron chi connectivity index (χ4n) is 2.66. The maximum absolute atomic E-state index is 10.5. The van der Waals surface area contributed by atoms with Gasteiger partial charge in [-0.05, 0) is 6.42 Å². The van der Waals surface area contributed by atoms with Gasteiger partial charge in [-0.25, -0.2) is 0 Å². The van der Waals surface area contributed by atoms with E-state index in [1.807, 2.05) is 0 Å². The molecule has 0 aromatic carbocycles. The lowest BCUT2D eigenvalue weighted by molar-refractivity contribution is 0.478. The largest absolute Gasteiger partial charge is 0.286 e. The van der Waals surface area contributed by atoms with Gasteiger partial charge in [0.15, 0.2) is 0 Å². The lowest BCUT2D eigenvalue weighted by Crippen LogP contribution is -2.03. The fraction of sp³-hybridized carbons (Fsp3) is 1.00. The topological polar surface area (TPSA) is 54.4 Å². The normalized spacial score (nSPS) is 11.9. The predicted octanol–water partition coefficient (Wildman–Crippen LogP) is 5.75. The molecule has 0 heterocycles. The molecule has 0 amide bonds. The molecule has 1 N–H and O–H groups in total. The Morgan fingerprint density at radius 3 is 1.14 bits per heavy atom. The molecule has 0 atom stereocenters. The zero-order valence-electron chi connectivity index (χ0n) is 14.0. The Morgan fingerprint density at radius 2 is 0.857 bits per heavy atom. The molecule has 0 spiro atoms. The molecule has 0 aliphatic heterocycles. The summed E-state index contributed by atoms with van der Waals surface area (Å²) >= 11 is 0. The highest BCUT2D eigenvalue weighted by molar-refractivity contribution is 7.85. The molecule has 0 radical (unpaired) electrons. The molecule has 0 saturated carbocycles. The molecule has 0 aromatic heterocycles. The van der Waals surface area contributed by atoms with E-state index in [1.54, 1.807) is 0 Å². The minimum atomic E-state index is -3.74. The lowest BCUT2D eigenvalue weighted by Gasteiger charge is -2.03. The fourth-order valence-corrected chi connectivity index (χ4v) is 3.22.